The first-order valence-corrected chi connectivity index (χ1v) is 8.33. The van der Waals surface area contributed by atoms with Crippen molar-refractivity contribution in [2.24, 2.45) is 0 Å². The van der Waals surface area contributed by atoms with Gasteiger partial charge in [0.05, 0.1) is 18.5 Å². The maximum absolute atomic E-state index is 9.54. The molecule has 0 unspecified atom stereocenters. The largest absolute Gasteiger partial charge is 0.392 e. The number of imidazole rings is 1. The van der Waals surface area contributed by atoms with Crippen molar-refractivity contribution in [3.05, 3.63) is 66.1 Å². The fraction of sp³-hybridized carbons (Fsp3) is 0.118. The number of benzene rings is 1. The van der Waals surface area contributed by atoms with Gasteiger partial charge in [0.2, 0.25) is 10.1 Å². The highest BCUT2D eigenvalue weighted by Gasteiger charge is 2.13. The molecule has 24 heavy (non-hydrogen) atoms. The quantitative estimate of drug-likeness (QED) is 0.585. The van der Waals surface area contributed by atoms with Gasteiger partial charge < -0.3 is 10.4 Å². The van der Waals surface area contributed by atoms with E-state index in [1.807, 2.05) is 47.1 Å². The highest BCUT2D eigenvalue weighted by Crippen LogP contribution is 2.28. The average molecular weight is 337 g/mol. The van der Waals surface area contributed by atoms with Crippen LogP contribution in [0.3, 0.4) is 0 Å². The lowest BCUT2D eigenvalue weighted by molar-refractivity contribution is 0.282. The lowest BCUT2D eigenvalue weighted by Crippen LogP contribution is -2.00. The Hall–Kier alpha value is -2.77. The topological polar surface area (TPSA) is 75.3 Å². The van der Waals surface area contributed by atoms with E-state index in [2.05, 4.69) is 20.4 Å². The van der Waals surface area contributed by atoms with Crippen LogP contribution in [0.2, 0.25) is 0 Å². The summed E-state index contributed by atoms with van der Waals surface area (Å²) in [5.41, 5.74) is 3.77. The van der Waals surface area contributed by atoms with Gasteiger partial charge in [-0.05, 0) is 17.2 Å². The highest BCUT2D eigenvalue weighted by atomic mass is 32.1. The van der Waals surface area contributed by atoms with Gasteiger partial charge in [-0.25, -0.2) is 9.50 Å². The molecule has 4 rings (SSSR count). The van der Waals surface area contributed by atoms with Gasteiger partial charge in [-0.15, -0.1) is 5.10 Å². The smallest absolute Gasteiger partial charge is 0.214 e. The van der Waals surface area contributed by atoms with Gasteiger partial charge in [0.15, 0.2) is 0 Å². The van der Waals surface area contributed by atoms with Crippen LogP contribution in [-0.4, -0.2) is 24.7 Å². The van der Waals surface area contributed by atoms with Crippen LogP contribution in [0, 0.1) is 0 Å². The summed E-state index contributed by atoms with van der Waals surface area (Å²) in [6.07, 6.45) is 5.37. The maximum atomic E-state index is 9.54. The molecule has 1 aromatic carbocycles. The zero-order valence-electron chi connectivity index (χ0n) is 12.8. The summed E-state index contributed by atoms with van der Waals surface area (Å²) in [5.74, 6) is 0. The summed E-state index contributed by atoms with van der Waals surface area (Å²) in [4.78, 5) is 9.35. The Bertz CT molecular complexity index is 963. The number of rotatable bonds is 5. The Morgan fingerprint density at radius 3 is 2.88 bits per heavy atom. The van der Waals surface area contributed by atoms with Crippen LogP contribution in [0.5, 0.6) is 0 Å². The number of pyridine rings is 1. The number of anilines is 1. The molecule has 7 heteroatoms. The molecule has 3 aromatic heterocycles. The van der Waals surface area contributed by atoms with Gasteiger partial charge in [-0.2, -0.15) is 0 Å². The van der Waals surface area contributed by atoms with Gasteiger partial charge in [-0.1, -0.05) is 41.7 Å². The number of aliphatic hydroxyl groups is 1. The zero-order chi connectivity index (χ0) is 16.4. The molecule has 0 fully saturated rings. The minimum atomic E-state index is -0.0142. The third-order valence-corrected chi connectivity index (χ3v) is 4.60. The van der Waals surface area contributed by atoms with Crippen LogP contribution in [0.1, 0.15) is 11.1 Å². The summed E-state index contributed by atoms with van der Waals surface area (Å²) in [6, 6.07) is 11.7. The van der Waals surface area contributed by atoms with E-state index in [1.165, 1.54) is 11.3 Å². The summed E-state index contributed by atoms with van der Waals surface area (Å²) < 4.78 is 1.81. The van der Waals surface area contributed by atoms with E-state index in [4.69, 9.17) is 0 Å². The predicted octanol–water partition coefficient (Wildman–Crippen LogP) is 2.96. The maximum Gasteiger partial charge on any atom is 0.214 e. The molecule has 6 nitrogen and oxygen atoms in total. The van der Waals surface area contributed by atoms with Crippen LogP contribution in [-0.2, 0) is 13.2 Å². The van der Waals surface area contributed by atoms with Crippen molar-refractivity contribution >= 4 is 21.4 Å². The molecule has 0 spiro atoms. The molecular weight excluding hydrogens is 322 g/mol. The van der Waals surface area contributed by atoms with Gasteiger partial charge in [0, 0.05) is 24.5 Å². The molecule has 0 aliphatic carbocycles. The summed E-state index contributed by atoms with van der Waals surface area (Å²) in [6.45, 7) is 0.646. The van der Waals surface area contributed by atoms with Crippen LogP contribution >= 0.6 is 11.3 Å². The number of hydrogen-bond acceptors (Lipinski definition) is 6. The number of fused-ring (bicyclic) bond motifs is 1. The normalized spacial score (nSPS) is 11.0. The Kier molecular flexibility index (Phi) is 3.94. The first kappa shape index (κ1) is 14.8. The second kappa shape index (κ2) is 6.38. The summed E-state index contributed by atoms with van der Waals surface area (Å²) in [7, 11) is 0. The first-order chi connectivity index (χ1) is 11.8. The molecule has 4 aromatic rings. The fourth-order valence-electron chi connectivity index (χ4n) is 2.54. The van der Waals surface area contributed by atoms with E-state index in [-0.39, 0.29) is 6.61 Å². The Morgan fingerprint density at radius 2 is 2.04 bits per heavy atom. The number of aromatic nitrogens is 4. The number of hydrogen-bond donors (Lipinski definition) is 2. The molecule has 3 heterocycles. The minimum Gasteiger partial charge on any atom is -0.392 e. The third-order valence-electron chi connectivity index (χ3n) is 3.72. The van der Waals surface area contributed by atoms with Crippen molar-refractivity contribution in [1.82, 2.24) is 19.6 Å². The monoisotopic (exact) mass is 337 g/mol. The number of nitrogens with one attached hydrogen (secondary N) is 1. The Morgan fingerprint density at radius 1 is 1.12 bits per heavy atom. The van der Waals surface area contributed by atoms with Crippen LogP contribution in [0.25, 0.3) is 16.2 Å². The van der Waals surface area contributed by atoms with Crippen LogP contribution < -0.4 is 5.32 Å². The molecule has 0 amide bonds. The summed E-state index contributed by atoms with van der Waals surface area (Å²) in [5, 5.41) is 18.2. The lowest BCUT2D eigenvalue weighted by Gasteiger charge is -2.05. The van der Waals surface area contributed by atoms with Crippen LogP contribution in [0.4, 0.5) is 5.13 Å². The lowest BCUT2D eigenvalue weighted by atomic mass is 10.1. The van der Waals surface area contributed by atoms with E-state index in [9.17, 15) is 5.11 Å². The third kappa shape index (κ3) is 2.75. The summed E-state index contributed by atoms with van der Waals surface area (Å²) >= 11 is 1.49. The van der Waals surface area contributed by atoms with E-state index >= 15 is 0 Å². The number of nitrogens with zero attached hydrogens (tertiary/aromatic N) is 4. The second-order valence-electron chi connectivity index (χ2n) is 5.28. The van der Waals surface area contributed by atoms with Crippen molar-refractivity contribution in [2.45, 2.75) is 13.2 Å². The van der Waals surface area contributed by atoms with Crippen molar-refractivity contribution in [2.75, 3.05) is 5.32 Å². The Labute approximate surface area is 142 Å². The molecule has 120 valence electrons. The van der Waals surface area contributed by atoms with E-state index in [0.717, 1.165) is 32.5 Å². The first-order valence-electron chi connectivity index (χ1n) is 7.51. The van der Waals surface area contributed by atoms with E-state index in [1.54, 1.807) is 12.4 Å². The molecule has 0 saturated heterocycles. The highest BCUT2D eigenvalue weighted by molar-refractivity contribution is 7.20. The molecule has 2 N–H and O–H groups in total. The molecule has 0 saturated carbocycles. The van der Waals surface area contributed by atoms with Crippen molar-refractivity contribution in [1.29, 1.82) is 0 Å². The molecule has 0 aliphatic rings. The minimum absolute atomic E-state index is 0.0142. The molecular formula is C17H15N5OS. The average Bonchev–Trinajstić information content (AvgIpc) is 3.21. The zero-order valence-corrected chi connectivity index (χ0v) is 13.6. The standard InChI is InChI=1S/C17H15N5OS/c23-11-13-5-1-2-6-14(13)15-10-20-17-22(15)21-16(24-17)19-9-12-4-3-7-18-8-12/h1-8,10,23H,9,11H2,(H,19,21). The van der Waals surface area contributed by atoms with Gasteiger partial charge in [0.1, 0.15) is 0 Å². The fourth-order valence-corrected chi connectivity index (χ4v) is 3.31. The van der Waals surface area contributed by atoms with E-state index < -0.39 is 0 Å². The van der Waals surface area contributed by atoms with Gasteiger partial charge >= 0.3 is 0 Å². The Balaban J connectivity index is 1.64. The van der Waals surface area contributed by atoms with E-state index in [0.29, 0.717) is 6.54 Å². The van der Waals surface area contributed by atoms with Gasteiger partial charge in [0.25, 0.3) is 0 Å². The molecule has 0 radical (unpaired) electrons. The van der Waals surface area contributed by atoms with Crippen molar-refractivity contribution in [3.8, 4) is 11.3 Å². The second-order valence-corrected chi connectivity index (χ2v) is 6.23. The predicted molar refractivity (Wildman–Crippen MR) is 93.8 cm³/mol. The van der Waals surface area contributed by atoms with Crippen molar-refractivity contribution < 1.29 is 5.11 Å². The van der Waals surface area contributed by atoms with Crippen LogP contribution in [0.15, 0.2) is 55.0 Å². The molecule has 0 atom stereocenters. The van der Waals surface area contributed by atoms with Crippen molar-refractivity contribution in [3.63, 3.8) is 0 Å². The number of aliphatic hydroxyl groups excluding tert-OH is 1. The molecule has 0 aliphatic heterocycles. The van der Waals surface area contributed by atoms with Gasteiger partial charge in [-0.3, -0.25) is 4.98 Å². The SMILES string of the molecule is OCc1ccccc1-c1cnc2sc(NCc3cccnc3)nn12. The molecule has 0 bridgehead atoms.